The van der Waals surface area contributed by atoms with E-state index in [1.807, 2.05) is 0 Å². The van der Waals surface area contributed by atoms with Crippen LogP contribution in [0, 0.1) is 5.21 Å². The Hall–Kier alpha value is -3.07. The monoisotopic (exact) mass is 397 g/mol. The van der Waals surface area contributed by atoms with Crippen LogP contribution in [0.15, 0.2) is 42.5 Å². The van der Waals surface area contributed by atoms with E-state index < -0.39 is 24.5 Å². The lowest BCUT2D eigenvalue weighted by Crippen LogP contribution is -2.29. The molecule has 0 bridgehead atoms. The summed E-state index contributed by atoms with van der Waals surface area (Å²) < 4.78 is 37.5. The second-order valence-corrected chi connectivity index (χ2v) is 6.09. The van der Waals surface area contributed by atoms with Gasteiger partial charge in [0.05, 0.1) is 11.3 Å². The topological polar surface area (TPSA) is 84.3 Å². The number of hydrogen-bond acceptors (Lipinski definition) is 3. The highest BCUT2D eigenvalue weighted by Crippen LogP contribution is 2.26. The summed E-state index contributed by atoms with van der Waals surface area (Å²) in [4.78, 5) is 22.8. The number of benzene rings is 2. The Balaban J connectivity index is 2.00. The van der Waals surface area contributed by atoms with Crippen molar-refractivity contribution in [3.05, 3.63) is 63.8 Å². The summed E-state index contributed by atoms with van der Waals surface area (Å²) in [6.07, 6.45) is -5.01. The van der Waals surface area contributed by atoms with Crippen molar-refractivity contribution in [1.82, 2.24) is 0 Å². The van der Waals surface area contributed by atoms with Crippen LogP contribution in [0.2, 0.25) is 5.02 Å². The number of carbonyl (C=O) groups excluding carboxylic acids is 2. The molecule has 1 aliphatic heterocycles. The number of fused-ring (bicyclic) bond motifs is 1. The summed E-state index contributed by atoms with van der Waals surface area (Å²) in [7, 11) is 0. The summed E-state index contributed by atoms with van der Waals surface area (Å²) in [5.74, 6) is -2.62. The molecule has 2 aromatic rings. The van der Waals surface area contributed by atoms with E-state index in [-0.39, 0.29) is 11.4 Å². The largest absolute Gasteiger partial charge is 0.623 e. The van der Waals surface area contributed by atoms with Crippen LogP contribution >= 0.6 is 11.6 Å². The van der Waals surface area contributed by atoms with Gasteiger partial charge in [-0.05, 0) is 42.5 Å². The summed E-state index contributed by atoms with van der Waals surface area (Å²) in [6, 6.07) is 9.79. The van der Waals surface area contributed by atoms with E-state index in [0.717, 1.165) is 0 Å². The molecule has 6 nitrogen and oxygen atoms in total. The molecule has 0 saturated heterocycles. The van der Waals surface area contributed by atoms with Crippen LogP contribution in [-0.4, -0.2) is 35.0 Å². The lowest BCUT2D eigenvalue weighted by molar-refractivity contribution is -0.443. The summed E-state index contributed by atoms with van der Waals surface area (Å²) >= 11 is 5.99. The van der Waals surface area contributed by atoms with Gasteiger partial charge in [0.15, 0.2) is 0 Å². The predicted octanol–water partition coefficient (Wildman–Crippen LogP) is 3.14. The fourth-order valence-electron chi connectivity index (χ4n) is 2.57. The molecule has 0 aliphatic carbocycles. The van der Waals surface area contributed by atoms with Gasteiger partial charge in [-0.2, -0.15) is 17.9 Å². The summed E-state index contributed by atoms with van der Waals surface area (Å²) in [5, 5.41) is 17.1. The standard InChI is InChI=1S/C17H11ClF3N3O3/c18-10-3-6-13-12(7-10)15(24(27)8-14(25)23-13)9-1-4-11(5-2-9)22-16(26)17(19,20)21/h1-7H,8H2,(H,22,26)(H,23,25). The number of alkyl halides is 3. The minimum absolute atomic E-state index is 0.0896. The normalized spacial score (nSPS) is 14.3. The highest BCUT2D eigenvalue weighted by Gasteiger charge is 2.38. The number of carbonyl (C=O) groups is 2. The van der Waals surface area contributed by atoms with E-state index in [1.165, 1.54) is 30.3 Å². The van der Waals surface area contributed by atoms with Crippen molar-refractivity contribution in [3.8, 4) is 0 Å². The highest BCUT2D eigenvalue weighted by molar-refractivity contribution is 6.31. The van der Waals surface area contributed by atoms with E-state index in [2.05, 4.69) is 5.32 Å². The van der Waals surface area contributed by atoms with Gasteiger partial charge in [-0.1, -0.05) is 11.6 Å². The Bertz CT molecular complexity index is 956. The molecule has 2 aromatic carbocycles. The van der Waals surface area contributed by atoms with Crippen LogP contribution in [0.25, 0.3) is 0 Å². The summed E-state index contributed by atoms with van der Waals surface area (Å²) in [5.41, 5.74) is 1.13. The third kappa shape index (κ3) is 4.03. The molecule has 0 unspecified atom stereocenters. The Kier molecular flexibility index (Phi) is 4.79. The molecule has 0 fully saturated rings. The molecule has 1 aliphatic rings. The number of rotatable bonds is 2. The zero-order valence-corrected chi connectivity index (χ0v) is 14.2. The van der Waals surface area contributed by atoms with Crippen molar-refractivity contribution in [2.24, 2.45) is 0 Å². The molecule has 27 heavy (non-hydrogen) atoms. The first-order chi connectivity index (χ1) is 12.6. The van der Waals surface area contributed by atoms with Gasteiger partial charge >= 0.3 is 12.1 Å². The van der Waals surface area contributed by atoms with Crippen LogP contribution in [0.3, 0.4) is 0 Å². The summed E-state index contributed by atoms with van der Waals surface area (Å²) in [6.45, 7) is -0.464. The fraction of sp³-hybridized carbons (Fsp3) is 0.118. The fourth-order valence-corrected chi connectivity index (χ4v) is 2.74. The van der Waals surface area contributed by atoms with Crippen LogP contribution in [0.1, 0.15) is 11.1 Å². The van der Waals surface area contributed by atoms with E-state index in [9.17, 15) is 28.0 Å². The maximum Gasteiger partial charge on any atom is 0.471 e. The van der Waals surface area contributed by atoms with E-state index >= 15 is 0 Å². The Morgan fingerprint density at radius 1 is 1.19 bits per heavy atom. The van der Waals surface area contributed by atoms with E-state index in [4.69, 9.17) is 11.6 Å². The Labute approximate surface area is 155 Å². The van der Waals surface area contributed by atoms with Crippen LogP contribution in [0.5, 0.6) is 0 Å². The second kappa shape index (κ2) is 6.92. The molecule has 0 atom stereocenters. The zero-order valence-electron chi connectivity index (χ0n) is 13.4. The smallest absolute Gasteiger partial charge is 0.471 e. The van der Waals surface area contributed by atoms with Gasteiger partial charge in [-0.25, -0.2) is 0 Å². The third-order valence-corrected chi connectivity index (χ3v) is 3.96. The van der Waals surface area contributed by atoms with Gasteiger partial charge in [0.2, 0.25) is 12.3 Å². The first-order valence-corrected chi connectivity index (χ1v) is 7.93. The maximum absolute atomic E-state index is 12.5. The minimum atomic E-state index is -5.01. The van der Waals surface area contributed by atoms with Gasteiger partial charge in [0.1, 0.15) is 0 Å². The van der Waals surface area contributed by atoms with Crippen LogP contribution in [-0.2, 0) is 9.59 Å². The van der Waals surface area contributed by atoms with E-state index in [1.54, 1.807) is 17.4 Å². The minimum Gasteiger partial charge on any atom is -0.623 e. The molecular formula is C17H11ClF3N3O3. The quantitative estimate of drug-likeness (QED) is 0.603. The number of hydrogen-bond donors (Lipinski definition) is 2. The average molecular weight is 398 g/mol. The molecule has 140 valence electrons. The number of benzodiazepines with no additional fused rings is 1. The van der Waals surface area contributed by atoms with E-state index in [0.29, 0.717) is 26.6 Å². The first kappa shape index (κ1) is 18.7. The maximum atomic E-state index is 12.5. The molecule has 2 N–H and O–H groups in total. The second-order valence-electron chi connectivity index (χ2n) is 5.65. The molecule has 0 saturated carbocycles. The number of halogens is 4. The van der Waals surface area contributed by atoms with Crippen molar-refractivity contribution in [1.29, 1.82) is 0 Å². The SMILES string of the molecule is O=C1C[N+]([O-])=C(c2ccc(NC(=O)C(F)(F)F)cc2)c2cc(Cl)ccc2N1. The first-order valence-electron chi connectivity index (χ1n) is 7.55. The van der Waals surface area contributed by atoms with Gasteiger partial charge in [0, 0.05) is 16.3 Å². The number of nitrogens with one attached hydrogen (secondary N) is 2. The predicted molar refractivity (Wildman–Crippen MR) is 92.9 cm³/mol. The van der Waals surface area contributed by atoms with Gasteiger partial charge < -0.3 is 15.8 Å². The average Bonchev–Trinajstić information content (AvgIpc) is 2.69. The van der Waals surface area contributed by atoms with Crippen LogP contribution < -0.4 is 10.6 Å². The Morgan fingerprint density at radius 3 is 2.48 bits per heavy atom. The van der Waals surface area contributed by atoms with Crippen molar-refractivity contribution < 1.29 is 27.5 Å². The number of hydroxylamine groups is 1. The number of nitrogens with zero attached hydrogens (tertiary/aromatic N) is 1. The molecule has 10 heteroatoms. The number of amides is 2. The van der Waals surface area contributed by atoms with Gasteiger partial charge in [-0.15, -0.1) is 0 Å². The molecule has 3 rings (SSSR count). The third-order valence-electron chi connectivity index (χ3n) is 3.72. The molecular weight excluding hydrogens is 387 g/mol. The molecule has 0 spiro atoms. The van der Waals surface area contributed by atoms with Gasteiger partial charge in [-0.3, -0.25) is 9.59 Å². The van der Waals surface area contributed by atoms with Crippen LogP contribution in [0.4, 0.5) is 24.5 Å². The van der Waals surface area contributed by atoms with Crippen molar-refractivity contribution in [2.45, 2.75) is 6.18 Å². The lowest BCUT2D eigenvalue weighted by Gasteiger charge is -2.11. The highest BCUT2D eigenvalue weighted by atomic mass is 35.5. The van der Waals surface area contributed by atoms with Gasteiger partial charge in [0.25, 0.3) is 5.91 Å². The number of anilines is 2. The van der Waals surface area contributed by atoms with Crippen molar-refractivity contribution in [2.75, 3.05) is 17.2 Å². The van der Waals surface area contributed by atoms with Crippen molar-refractivity contribution in [3.63, 3.8) is 0 Å². The molecule has 0 aromatic heterocycles. The Morgan fingerprint density at radius 2 is 1.85 bits per heavy atom. The molecule has 0 radical (unpaired) electrons. The van der Waals surface area contributed by atoms with Crippen molar-refractivity contribution >= 4 is 40.5 Å². The molecule has 2 amide bonds. The lowest BCUT2D eigenvalue weighted by atomic mass is 10.00. The zero-order chi connectivity index (χ0) is 19.8. The molecule has 1 heterocycles.